The molecule has 1 aromatic carbocycles. The Kier molecular flexibility index (Phi) is 5.76. The molecule has 2 aromatic heterocycles. The van der Waals surface area contributed by atoms with E-state index < -0.39 is 5.97 Å². The van der Waals surface area contributed by atoms with E-state index in [0.717, 1.165) is 37.2 Å². The van der Waals surface area contributed by atoms with Crippen molar-refractivity contribution in [1.82, 2.24) is 20.0 Å². The maximum absolute atomic E-state index is 11.2. The van der Waals surface area contributed by atoms with Crippen molar-refractivity contribution in [2.45, 2.75) is 38.8 Å². The zero-order chi connectivity index (χ0) is 21.1. The van der Waals surface area contributed by atoms with Crippen molar-refractivity contribution in [3.05, 3.63) is 59.9 Å². The molecule has 1 saturated heterocycles. The highest BCUT2D eigenvalue weighted by molar-refractivity contribution is 5.90. The highest BCUT2D eigenvalue weighted by atomic mass is 16.5. The van der Waals surface area contributed by atoms with E-state index in [1.807, 2.05) is 18.2 Å². The Morgan fingerprint density at radius 1 is 1.30 bits per heavy atom. The van der Waals surface area contributed by atoms with Crippen LogP contribution in [-0.4, -0.2) is 50.3 Å². The Labute approximate surface area is 174 Å². The minimum Gasteiger partial charge on any atom is -0.486 e. The second kappa shape index (κ2) is 8.62. The fraction of sp³-hybridized carbons (Fsp3) is 0.364. The predicted octanol–water partition coefficient (Wildman–Crippen LogP) is 3.74. The second-order valence-corrected chi connectivity index (χ2v) is 7.49. The first kappa shape index (κ1) is 20.0. The molecule has 3 heterocycles. The number of carbonyl (C=O) groups is 1. The van der Waals surface area contributed by atoms with Crippen LogP contribution in [0.4, 0.5) is 0 Å². The number of aromatic nitrogens is 3. The first-order valence-electron chi connectivity index (χ1n) is 10.0. The van der Waals surface area contributed by atoms with Gasteiger partial charge >= 0.3 is 5.97 Å². The lowest BCUT2D eigenvalue weighted by Gasteiger charge is -2.42. The Morgan fingerprint density at radius 3 is 2.73 bits per heavy atom. The average Bonchev–Trinajstić information content (AvgIpc) is 3.24. The van der Waals surface area contributed by atoms with Gasteiger partial charge in [-0.05, 0) is 43.2 Å². The first-order valence-corrected chi connectivity index (χ1v) is 10.0. The number of likely N-dealkylation sites (tertiary alicyclic amines) is 1. The van der Waals surface area contributed by atoms with Crippen LogP contribution in [0, 0.1) is 6.92 Å². The second-order valence-electron chi connectivity index (χ2n) is 7.49. The third kappa shape index (κ3) is 4.18. The number of benzene rings is 1. The van der Waals surface area contributed by atoms with Gasteiger partial charge in [-0.25, -0.2) is 4.79 Å². The van der Waals surface area contributed by atoms with Gasteiger partial charge in [0.15, 0.2) is 6.33 Å². The summed E-state index contributed by atoms with van der Waals surface area (Å²) < 4.78 is 11.3. The molecule has 1 aliphatic rings. The van der Waals surface area contributed by atoms with E-state index in [9.17, 15) is 4.79 Å². The summed E-state index contributed by atoms with van der Waals surface area (Å²) in [6, 6.07) is 9.13. The van der Waals surface area contributed by atoms with Crippen LogP contribution >= 0.6 is 0 Å². The molecule has 1 fully saturated rings. The van der Waals surface area contributed by atoms with Crippen LogP contribution in [0.15, 0.2) is 47.4 Å². The van der Waals surface area contributed by atoms with Crippen LogP contribution in [0.5, 0.6) is 5.75 Å². The fourth-order valence-electron chi connectivity index (χ4n) is 3.74. The zero-order valence-corrected chi connectivity index (χ0v) is 17.0. The molecule has 156 valence electrons. The van der Waals surface area contributed by atoms with Gasteiger partial charge in [0.05, 0.1) is 23.5 Å². The van der Waals surface area contributed by atoms with Gasteiger partial charge in [-0.15, -0.1) is 0 Å². The predicted molar refractivity (Wildman–Crippen MR) is 109 cm³/mol. The number of hydrogen-bond donors (Lipinski definition) is 1. The molecule has 0 radical (unpaired) electrons. The molecule has 1 atom stereocenters. The van der Waals surface area contributed by atoms with Crippen LogP contribution in [0.25, 0.3) is 11.3 Å². The Morgan fingerprint density at radius 2 is 2.13 bits per heavy atom. The highest BCUT2D eigenvalue weighted by Gasteiger charge is 2.36. The lowest BCUT2D eigenvalue weighted by atomic mass is 10.0. The van der Waals surface area contributed by atoms with E-state index >= 15 is 0 Å². The molecule has 0 amide bonds. The summed E-state index contributed by atoms with van der Waals surface area (Å²) >= 11 is 0. The summed E-state index contributed by atoms with van der Waals surface area (Å²) in [7, 11) is 0. The molecule has 3 aromatic rings. The van der Waals surface area contributed by atoms with Gasteiger partial charge in [0.2, 0.25) is 5.89 Å². The Balaban J connectivity index is 1.36. The maximum Gasteiger partial charge on any atom is 0.335 e. The number of hydrogen-bond acceptors (Lipinski definition) is 7. The lowest BCUT2D eigenvalue weighted by molar-refractivity contribution is -0.0211. The number of nitrogens with zero attached hydrogens (tertiary/aromatic N) is 4. The molecule has 4 rings (SSSR count). The van der Waals surface area contributed by atoms with Gasteiger partial charge in [0.25, 0.3) is 0 Å². The molecule has 0 spiro atoms. The van der Waals surface area contributed by atoms with Crippen molar-refractivity contribution >= 4 is 5.97 Å². The first-order chi connectivity index (χ1) is 14.5. The van der Waals surface area contributed by atoms with Crippen molar-refractivity contribution in [3.63, 3.8) is 0 Å². The normalized spacial score (nSPS) is 15.5. The van der Waals surface area contributed by atoms with Gasteiger partial charge in [-0.2, -0.15) is 4.98 Å². The van der Waals surface area contributed by atoms with E-state index in [-0.39, 0.29) is 12.1 Å². The molecule has 0 saturated carbocycles. The Hall–Kier alpha value is -3.26. The van der Waals surface area contributed by atoms with Crippen LogP contribution in [0.2, 0.25) is 0 Å². The number of pyridine rings is 1. The topological polar surface area (TPSA) is 102 Å². The van der Waals surface area contributed by atoms with Crippen LogP contribution in [0.3, 0.4) is 0 Å². The molecule has 8 nitrogen and oxygen atoms in total. The minimum atomic E-state index is -0.925. The molecular weight excluding hydrogens is 384 g/mol. The van der Waals surface area contributed by atoms with E-state index in [2.05, 4.69) is 26.9 Å². The third-order valence-electron chi connectivity index (χ3n) is 5.33. The molecular formula is C22H24N4O4. The smallest absolute Gasteiger partial charge is 0.335 e. The molecule has 8 heteroatoms. The summed E-state index contributed by atoms with van der Waals surface area (Å²) in [6.45, 7) is 5.52. The summed E-state index contributed by atoms with van der Waals surface area (Å²) in [6.07, 6.45) is 5.24. The van der Waals surface area contributed by atoms with Crippen molar-refractivity contribution in [3.8, 4) is 17.0 Å². The van der Waals surface area contributed by atoms with E-state index in [1.54, 1.807) is 25.3 Å². The summed E-state index contributed by atoms with van der Waals surface area (Å²) in [4.78, 5) is 22.1. The fourth-order valence-corrected chi connectivity index (χ4v) is 3.74. The number of aryl methyl sites for hydroxylation is 1. The number of carboxylic acid groups (broad SMARTS) is 1. The van der Waals surface area contributed by atoms with E-state index in [4.69, 9.17) is 14.4 Å². The monoisotopic (exact) mass is 408 g/mol. The van der Waals surface area contributed by atoms with Crippen LogP contribution in [-0.2, 0) is 0 Å². The number of carboxylic acids is 1. The molecule has 1 unspecified atom stereocenters. The SMILES string of the molecule is CCCC(c1ncno1)N1CC(Oc2ccc(-c3ccc(C(=O)O)c(C)c3)nc2)C1. The van der Waals surface area contributed by atoms with Crippen molar-refractivity contribution in [2.75, 3.05) is 13.1 Å². The summed E-state index contributed by atoms with van der Waals surface area (Å²) in [5, 5.41) is 12.9. The quantitative estimate of drug-likeness (QED) is 0.601. The van der Waals surface area contributed by atoms with Crippen molar-refractivity contribution in [1.29, 1.82) is 0 Å². The standard InChI is InChI=1S/C22H24N4O4/c1-3-4-20(21-24-13-25-30-21)26-11-17(12-26)29-16-6-8-19(23-10-16)15-5-7-18(22(27)28)14(2)9-15/h5-10,13,17,20H,3-4,11-12H2,1-2H3,(H,27,28). The van der Waals surface area contributed by atoms with Crippen molar-refractivity contribution in [2.24, 2.45) is 0 Å². The number of aromatic carboxylic acids is 1. The molecule has 30 heavy (non-hydrogen) atoms. The van der Waals surface area contributed by atoms with E-state index in [1.165, 1.54) is 6.33 Å². The maximum atomic E-state index is 11.2. The number of ether oxygens (including phenoxy) is 1. The van der Waals surface area contributed by atoms with Crippen LogP contribution < -0.4 is 4.74 Å². The van der Waals surface area contributed by atoms with Crippen LogP contribution in [0.1, 0.15) is 47.6 Å². The number of rotatable bonds is 8. The zero-order valence-electron chi connectivity index (χ0n) is 17.0. The van der Waals surface area contributed by atoms with Gasteiger partial charge in [-0.1, -0.05) is 24.6 Å². The lowest BCUT2D eigenvalue weighted by Crippen LogP contribution is -2.55. The molecule has 0 aliphatic carbocycles. The summed E-state index contributed by atoms with van der Waals surface area (Å²) in [5.41, 5.74) is 2.66. The van der Waals surface area contributed by atoms with Crippen molar-refractivity contribution < 1.29 is 19.2 Å². The third-order valence-corrected chi connectivity index (χ3v) is 5.33. The largest absolute Gasteiger partial charge is 0.486 e. The van der Waals surface area contributed by atoms with Gasteiger partial charge in [0, 0.05) is 18.7 Å². The molecule has 0 bridgehead atoms. The summed E-state index contributed by atoms with van der Waals surface area (Å²) in [5.74, 6) is 0.447. The Bertz CT molecular complexity index is 998. The average molecular weight is 408 g/mol. The van der Waals surface area contributed by atoms with Gasteiger partial charge in [0.1, 0.15) is 11.9 Å². The molecule has 1 aliphatic heterocycles. The molecule has 1 N–H and O–H groups in total. The van der Waals surface area contributed by atoms with Gasteiger partial charge < -0.3 is 14.4 Å². The van der Waals surface area contributed by atoms with Gasteiger partial charge in [-0.3, -0.25) is 9.88 Å². The van der Waals surface area contributed by atoms with E-state index in [0.29, 0.717) is 22.8 Å². The minimum absolute atomic E-state index is 0.0945. The highest BCUT2D eigenvalue weighted by Crippen LogP contribution is 2.30.